The molecule has 0 saturated carbocycles. The monoisotopic (exact) mass is 267 g/mol. The van der Waals surface area contributed by atoms with Gasteiger partial charge in [-0.05, 0) is 6.92 Å². The molecule has 1 N–H and O–H groups in total. The lowest BCUT2D eigenvalue weighted by Gasteiger charge is -2.17. The Morgan fingerprint density at radius 3 is 2.62 bits per heavy atom. The van der Waals surface area contributed by atoms with E-state index in [-0.39, 0.29) is 16.7 Å². The van der Waals surface area contributed by atoms with Crippen LogP contribution < -0.4 is 0 Å². The molecule has 0 radical (unpaired) electrons. The maximum Gasteiger partial charge on any atom is 0.263 e. The lowest BCUT2D eigenvalue weighted by atomic mass is 10.4. The van der Waals surface area contributed by atoms with Crippen molar-refractivity contribution in [3.8, 4) is 0 Å². The van der Waals surface area contributed by atoms with Crippen molar-refractivity contribution in [1.29, 1.82) is 0 Å². The van der Waals surface area contributed by atoms with Crippen molar-refractivity contribution >= 4 is 21.6 Å². The molecule has 0 fully saturated rings. The van der Waals surface area contributed by atoms with Gasteiger partial charge in [-0.1, -0.05) is 11.6 Å². The molecule has 92 valence electrons. The molecule has 0 bridgehead atoms. The number of nitrogens with zero attached hydrogens (tertiary/aromatic N) is 3. The van der Waals surface area contributed by atoms with Gasteiger partial charge in [0, 0.05) is 20.6 Å². The van der Waals surface area contributed by atoms with Gasteiger partial charge >= 0.3 is 0 Å². The van der Waals surface area contributed by atoms with E-state index < -0.39 is 16.1 Å². The molecule has 0 aromatic carbocycles. The lowest BCUT2D eigenvalue weighted by molar-refractivity contribution is 0.171. The summed E-state index contributed by atoms with van der Waals surface area (Å²) in [6.45, 7) is 1.50. The first kappa shape index (κ1) is 13.4. The van der Waals surface area contributed by atoms with Crippen molar-refractivity contribution < 1.29 is 13.5 Å². The third-order valence-electron chi connectivity index (χ3n) is 2.01. The predicted octanol–water partition coefficient (Wildman–Crippen LogP) is 0.0748. The fourth-order valence-electron chi connectivity index (χ4n) is 1.18. The van der Waals surface area contributed by atoms with Gasteiger partial charge in [-0.15, -0.1) is 0 Å². The average Bonchev–Trinajstić information content (AvgIpc) is 2.46. The second-order valence-electron chi connectivity index (χ2n) is 3.59. The zero-order valence-corrected chi connectivity index (χ0v) is 10.8. The number of halogens is 1. The van der Waals surface area contributed by atoms with Gasteiger partial charge in [0.05, 0.1) is 12.4 Å². The Morgan fingerprint density at radius 2 is 2.25 bits per heavy atom. The van der Waals surface area contributed by atoms with E-state index in [9.17, 15) is 8.42 Å². The number of sulfonamides is 1. The second-order valence-corrected chi connectivity index (χ2v) is 5.90. The fourth-order valence-corrected chi connectivity index (χ4v) is 2.81. The van der Waals surface area contributed by atoms with Crippen molar-refractivity contribution in [3.63, 3.8) is 0 Å². The van der Waals surface area contributed by atoms with Gasteiger partial charge in [0.25, 0.3) is 10.0 Å². The molecule has 1 heterocycles. The molecular weight excluding hydrogens is 254 g/mol. The summed E-state index contributed by atoms with van der Waals surface area (Å²) in [5, 5.41) is 9.00. The molecule has 1 atom stereocenters. The summed E-state index contributed by atoms with van der Waals surface area (Å²) in [5.74, 6) is 0. The summed E-state index contributed by atoms with van der Waals surface area (Å²) < 4.78 is 26.3. The molecule has 8 heteroatoms. The Morgan fingerprint density at radius 1 is 1.69 bits per heavy atom. The highest BCUT2D eigenvalue weighted by atomic mass is 35.5. The predicted molar refractivity (Wildman–Crippen MR) is 59.7 cm³/mol. The topological polar surface area (TPSA) is 75.4 Å². The van der Waals surface area contributed by atoms with Crippen LogP contribution in [0.1, 0.15) is 6.92 Å². The summed E-state index contributed by atoms with van der Waals surface area (Å²) in [5.41, 5.74) is 0. The van der Waals surface area contributed by atoms with E-state index in [0.29, 0.717) is 0 Å². The van der Waals surface area contributed by atoms with Gasteiger partial charge in [-0.2, -0.15) is 4.31 Å². The van der Waals surface area contributed by atoms with Gasteiger partial charge in [-0.25, -0.2) is 13.4 Å². The second kappa shape index (κ2) is 4.70. The van der Waals surface area contributed by atoms with Crippen LogP contribution >= 0.6 is 11.6 Å². The van der Waals surface area contributed by atoms with Gasteiger partial charge in [0.1, 0.15) is 5.15 Å². The number of aryl methyl sites for hydroxylation is 1. The Balaban J connectivity index is 3.07. The largest absolute Gasteiger partial charge is 0.392 e. The van der Waals surface area contributed by atoms with Gasteiger partial charge in [0.2, 0.25) is 5.03 Å². The van der Waals surface area contributed by atoms with Gasteiger partial charge in [-0.3, -0.25) is 0 Å². The SMILES string of the molecule is CC(O)CN(C)S(=O)(=O)c1ncn(C)c1Cl. The van der Waals surface area contributed by atoms with Crippen LogP contribution in [0, 0.1) is 0 Å². The number of hydrogen-bond acceptors (Lipinski definition) is 4. The van der Waals surface area contributed by atoms with Crippen LogP contribution in [0.3, 0.4) is 0 Å². The molecule has 0 aliphatic carbocycles. The van der Waals surface area contributed by atoms with Crippen molar-refractivity contribution in [3.05, 3.63) is 11.5 Å². The van der Waals surface area contributed by atoms with Gasteiger partial charge < -0.3 is 9.67 Å². The van der Waals surface area contributed by atoms with Crippen LogP contribution in [0.25, 0.3) is 0 Å². The molecule has 1 rings (SSSR count). The fraction of sp³-hybridized carbons (Fsp3) is 0.625. The maximum atomic E-state index is 12.0. The van der Waals surface area contributed by atoms with E-state index in [0.717, 1.165) is 4.31 Å². The molecule has 16 heavy (non-hydrogen) atoms. The van der Waals surface area contributed by atoms with E-state index in [4.69, 9.17) is 16.7 Å². The average molecular weight is 268 g/mol. The highest BCUT2D eigenvalue weighted by molar-refractivity contribution is 7.89. The third-order valence-corrected chi connectivity index (χ3v) is 4.33. The lowest BCUT2D eigenvalue weighted by Crippen LogP contribution is -2.33. The first-order chi connectivity index (χ1) is 7.26. The summed E-state index contributed by atoms with van der Waals surface area (Å²) in [4.78, 5) is 3.74. The van der Waals surface area contributed by atoms with Crippen LogP contribution in [-0.2, 0) is 17.1 Å². The normalized spacial score (nSPS) is 14.4. The number of hydrogen-bond donors (Lipinski definition) is 1. The highest BCUT2D eigenvalue weighted by Gasteiger charge is 2.27. The first-order valence-electron chi connectivity index (χ1n) is 4.58. The summed E-state index contributed by atoms with van der Waals surface area (Å²) in [7, 11) is -0.766. The van der Waals surface area contributed by atoms with E-state index in [1.807, 2.05) is 0 Å². The molecule has 6 nitrogen and oxygen atoms in total. The van der Waals surface area contributed by atoms with E-state index in [1.165, 1.54) is 24.9 Å². The molecular formula is C8H14ClN3O3S. The standard InChI is InChI=1S/C8H14ClN3O3S/c1-6(13)4-12(3)16(14,15)8-7(9)11(2)5-10-8/h5-6,13H,4H2,1-3H3. The molecule has 1 unspecified atom stereocenters. The number of likely N-dealkylation sites (N-methyl/N-ethyl adjacent to an activating group) is 1. The van der Waals surface area contributed by atoms with Gasteiger partial charge in [0.15, 0.2) is 0 Å². The number of imidazole rings is 1. The zero-order chi connectivity index (χ0) is 12.5. The minimum absolute atomic E-state index is 0.00473. The van der Waals surface area contributed by atoms with E-state index in [2.05, 4.69) is 4.98 Å². The van der Waals surface area contributed by atoms with Crippen LogP contribution in [0.5, 0.6) is 0 Å². The number of aliphatic hydroxyl groups excluding tert-OH is 1. The third kappa shape index (κ3) is 2.54. The van der Waals surface area contributed by atoms with Crippen molar-refractivity contribution in [1.82, 2.24) is 13.9 Å². The Kier molecular flexibility index (Phi) is 3.95. The highest BCUT2D eigenvalue weighted by Crippen LogP contribution is 2.21. The quantitative estimate of drug-likeness (QED) is 0.838. The molecule has 0 saturated heterocycles. The molecule has 1 aromatic heterocycles. The first-order valence-corrected chi connectivity index (χ1v) is 6.40. The minimum atomic E-state index is -3.73. The smallest absolute Gasteiger partial charge is 0.263 e. The Bertz CT molecular complexity index is 469. The molecule has 0 aliphatic rings. The van der Waals surface area contributed by atoms with Crippen molar-refractivity contribution in [2.24, 2.45) is 7.05 Å². The molecule has 0 aliphatic heterocycles. The number of rotatable bonds is 4. The van der Waals surface area contributed by atoms with Crippen molar-refractivity contribution in [2.45, 2.75) is 18.1 Å². The number of aromatic nitrogens is 2. The molecule has 1 aromatic rings. The van der Waals surface area contributed by atoms with Crippen LogP contribution in [-0.4, -0.2) is 47.1 Å². The Hall–Kier alpha value is -0.630. The van der Waals surface area contributed by atoms with Crippen LogP contribution in [0.4, 0.5) is 0 Å². The van der Waals surface area contributed by atoms with E-state index in [1.54, 1.807) is 7.05 Å². The van der Waals surface area contributed by atoms with Crippen LogP contribution in [0.2, 0.25) is 5.15 Å². The van der Waals surface area contributed by atoms with Crippen molar-refractivity contribution in [2.75, 3.05) is 13.6 Å². The summed E-state index contributed by atoms with van der Waals surface area (Å²) >= 11 is 5.81. The Labute approximate surface area is 99.5 Å². The van der Waals surface area contributed by atoms with E-state index >= 15 is 0 Å². The summed E-state index contributed by atoms with van der Waals surface area (Å²) in [6.07, 6.45) is 0.577. The molecule has 0 spiro atoms. The number of aliphatic hydroxyl groups is 1. The maximum absolute atomic E-state index is 12.0. The minimum Gasteiger partial charge on any atom is -0.392 e. The van der Waals surface area contributed by atoms with Crippen LogP contribution in [0.15, 0.2) is 11.4 Å². The zero-order valence-electron chi connectivity index (χ0n) is 9.25. The molecule has 0 amide bonds. The summed E-state index contributed by atoms with van der Waals surface area (Å²) in [6, 6.07) is 0.